The van der Waals surface area contributed by atoms with Gasteiger partial charge in [-0.1, -0.05) is 23.2 Å². The van der Waals surface area contributed by atoms with Crippen LogP contribution in [0.25, 0.3) is 0 Å². The smallest absolute Gasteiger partial charge is 0.335 e. The number of rotatable bonds is 3. The molecule has 0 saturated carbocycles. The lowest BCUT2D eigenvalue weighted by molar-refractivity contribution is -0.172. The van der Waals surface area contributed by atoms with Crippen molar-refractivity contribution in [1.82, 2.24) is 4.90 Å². The number of nitrogens with zero attached hydrogens (tertiary/aromatic N) is 1. The molecule has 1 N–H and O–H groups in total. The number of morpholine rings is 1. The standard InChI is InChI=1S/C13H13Cl2NO4/c1-2-16-10(17)6-20-12(13(18)19)11(16)8-5-7(14)3-4-9(8)15/h3-5,11-12H,2,6H2,1H3,(H,18,19). The second kappa shape index (κ2) is 5.99. The monoisotopic (exact) mass is 317 g/mol. The molecule has 0 aliphatic carbocycles. The van der Waals surface area contributed by atoms with E-state index in [1.165, 1.54) is 4.90 Å². The van der Waals surface area contributed by atoms with Gasteiger partial charge in [-0.05, 0) is 30.7 Å². The predicted octanol–water partition coefficient (Wildman–Crippen LogP) is 2.37. The van der Waals surface area contributed by atoms with Crippen molar-refractivity contribution in [3.05, 3.63) is 33.8 Å². The summed E-state index contributed by atoms with van der Waals surface area (Å²) in [5.74, 6) is -1.41. The minimum Gasteiger partial charge on any atom is -0.479 e. The Morgan fingerprint density at radius 3 is 2.80 bits per heavy atom. The lowest BCUT2D eigenvalue weighted by Crippen LogP contribution is -2.51. The number of amides is 1. The number of hydrogen-bond donors (Lipinski definition) is 1. The average Bonchev–Trinajstić information content (AvgIpc) is 2.40. The molecule has 1 aliphatic heterocycles. The molecule has 0 spiro atoms. The highest BCUT2D eigenvalue weighted by Gasteiger charge is 2.42. The highest BCUT2D eigenvalue weighted by Crippen LogP contribution is 2.35. The first-order chi connectivity index (χ1) is 9.45. The third-order valence-corrected chi connectivity index (χ3v) is 3.77. The number of likely N-dealkylation sites (N-methyl/N-ethyl adjacent to an activating group) is 1. The van der Waals surface area contributed by atoms with Gasteiger partial charge in [0.15, 0.2) is 6.10 Å². The van der Waals surface area contributed by atoms with Gasteiger partial charge in [-0.3, -0.25) is 4.79 Å². The maximum absolute atomic E-state index is 11.9. The van der Waals surface area contributed by atoms with Crippen LogP contribution in [0.15, 0.2) is 18.2 Å². The molecule has 2 rings (SSSR count). The molecule has 1 fully saturated rings. The molecular weight excluding hydrogens is 305 g/mol. The second-order valence-electron chi connectivity index (χ2n) is 4.36. The number of carboxylic acid groups (broad SMARTS) is 1. The number of aliphatic carboxylic acids is 1. The highest BCUT2D eigenvalue weighted by atomic mass is 35.5. The summed E-state index contributed by atoms with van der Waals surface area (Å²) in [6, 6.07) is 3.95. The van der Waals surface area contributed by atoms with Gasteiger partial charge in [-0.25, -0.2) is 4.79 Å². The minimum atomic E-state index is -1.16. The third-order valence-electron chi connectivity index (χ3n) is 3.19. The Morgan fingerprint density at radius 1 is 1.50 bits per heavy atom. The quantitative estimate of drug-likeness (QED) is 0.929. The molecule has 1 aliphatic rings. The molecule has 20 heavy (non-hydrogen) atoms. The fourth-order valence-corrected chi connectivity index (χ4v) is 2.72. The van der Waals surface area contributed by atoms with E-state index in [0.29, 0.717) is 22.2 Å². The molecule has 2 atom stereocenters. The van der Waals surface area contributed by atoms with E-state index < -0.39 is 18.1 Å². The first kappa shape index (κ1) is 15.1. The summed E-state index contributed by atoms with van der Waals surface area (Å²) in [5, 5.41) is 10.1. The van der Waals surface area contributed by atoms with Crippen molar-refractivity contribution < 1.29 is 19.4 Å². The molecule has 5 nitrogen and oxygen atoms in total. The van der Waals surface area contributed by atoms with Crippen molar-refractivity contribution in [3.8, 4) is 0 Å². The molecule has 0 radical (unpaired) electrons. The Bertz CT molecular complexity index is 547. The van der Waals surface area contributed by atoms with Crippen LogP contribution < -0.4 is 0 Å². The van der Waals surface area contributed by atoms with Crippen molar-refractivity contribution in [1.29, 1.82) is 0 Å². The third kappa shape index (κ3) is 2.75. The molecule has 2 unspecified atom stereocenters. The average molecular weight is 318 g/mol. The number of ether oxygens (including phenoxy) is 1. The Morgan fingerprint density at radius 2 is 2.20 bits per heavy atom. The number of carbonyl (C=O) groups is 2. The van der Waals surface area contributed by atoms with Gasteiger partial charge in [0.05, 0.1) is 6.04 Å². The van der Waals surface area contributed by atoms with Gasteiger partial charge in [-0.2, -0.15) is 0 Å². The van der Waals surface area contributed by atoms with Crippen molar-refractivity contribution in [2.75, 3.05) is 13.2 Å². The van der Waals surface area contributed by atoms with Crippen LogP contribution in [0.5, 0.6) is 0 Å². The van der Waals surface area contributed by atoms with Gasteiger partial charge in [0.25, 0.3) is 0 Å². The summed E-state index contributed by atoms with van der Waals surface area (Å²) in [7, 11) is 0. The van der Waals surface area contributed by atoms with Gasteiger partial charge in [-0.15, -0.1) is 0 Å². The van der Waals surface area contributed by atoms with Crippen LogP contribution in [0.3, 0.4) is 0 Å². The number of benzene rings is 1. The molecule has 1 aromatic carbocycles. The Labute approximate surface area is 126 Å². The van der Waals surface area contributed by atoms with Crippen LogP contribution >= 0.6 is 23.2 Å². The van der Waals surface area contributed by atoms with Crippen LogP contribution in [0, 0.1) is 0 Å². The summed E-state index contributed by atoms with van der Waals surface area (Å²) in [5.41, 5.74) is 0.474. The summed E-state index contributed by atoms with van der Waals surface area (Å²) in [6.45, 7) is 1.88. The SMILES string of the molecule is CCN1C(=O)COC(C(=O)O)C1c1cc(Cl)ccc1Cl. The van der Waals surface area contributed by atoms with Crippen LogP contribution in [0.1, 0.15) is 18.5 Å². The zero-order chi connectivity index (χ0) is 14.9. The van der Waals surface area contributed by atoms with Gasteiger partial charge in [0.1, 0.15) is 6.61 Å². The molecular formula is C13H13Cl2NO4. The zero-order valence-corrected chi connectivity index (χ0v) is 12.2. The summed E-state index contributed by atoms with van der Waals surface area (Å²) in [6.07, 6.45) is -1.16. The molecule has 0 aromatic heterocycles. The first-order valence-electron chi connectivity index (χ1n) is 6.04. The Balaban J connectivity index is 2.52. The fourth-order valence-electron chi connectivity index (χ4n) is 2.31. The molecule has 1 heterocycles. The maximum atomic E-state index is 11.9. The van der Waals surface area contributed by atoms with Gasteiger partial charge >= 0.3 is 5.97 Å². The van der Waals surface area contributed by atoms with Crippen molar-refractivity contribution in [2.45, 2.75) is 19.1 Å². The van der Waals surface area contributed by atoms with E-state index >= 15 is 0 Å². The van der Waals surface area contributed by atoms with Crippen LogP contribution in [-0.4, -0.2) is 41.1 Å². The Hall–Kier alpha value is -1.30. The summed E-state index contributed by atoms with van der Waals surface area (Å²) in [4.78, 5) is 24.7. The lowest BCUT2D eigenvalue weighted by Gasteiger charge is -2.39. The van der Waals surface area contributed by atoms with E-state index in [1.807, 2.05) is 0 Å². The van der Waals surface area contributed by atoms with Gasteiger partial charge < -0.3 is 14.7 Å². The van der Waals surface area contributed by atoms with Crippen LogP contribution in [0.2, 0.25) is 10.0 Å². The summed E-state index contributed by atoms with van der Waals surface area (Å²) < 4.78 is 5.15. The number of hydrogen-bond acceptors (Lipinski definition) is 3. The van der Waals surface area contributed by atoms with Crippen molar-refractivity contribution in [2.24, 2.45) is 0 Å². The predicted molar refractivity (Wildman–Crippen MR) is 74.0 cm³/mol. The molecule has 1 amide bonds. The molecule has 7 heteroatoms. The maximum Gasteiger partial charge on any atom is 0.335 e. The van der Waals surface area contributed by atoms with Crippen molar-refractivity contribution in [3.63, 3.8) is 0 Å². The van der Waals surface area contributed by atoms with E-state index in [4.69, 9.17) is 27.9 Å². The highest BCUT2D eigenvalue weighted by molar-refractivity contribution is 6.33. The number of halogens is 2. The molecule has 108 valence electrons. The van der Waals surface area contributed by atoms with E-state index in [-0.39, 0.29) is 12.5 Å². The second-order valence-corrected chi connectivity index (χ2v) is 5.20. The summed E-state index contributed by atoms with van der Waals surface area (Å²) >= 11 is 12.1. The van der Waals surface area contributed by atoms with Crippen molar-refractivity contribution >= 4 is 35.1 Å². The van der Waals surface area contributed by atoms with E-state index in [1.54, 1.807) is 25.1 Å². The van der Waals surface area contributed by atoms with E-state index in [2.05, 4.69) is 0 Å². The normalized spacial score (nSPS) is 22.9. The first-order valence-corrected chi connectivity index (χ1v) is 6.80. The molecule has 1 saturated heterocycles. The van der Waals surface area contributed by atoms with Crippen LogP contribution in [0.4, 0.5) is 0 Å². The number of carbonyl (C=O) groups excluding carboxylic acids is 1. The molecule has 1 aromatic rings. The van der Waals surface area contributed by atoms with E-state index in [9.17, 15) is 14.7 Å². The van der Waals surface area contributed by atoms with Gasteiger partial charge in [0.2, 0.25) is 5.91 Å². The lowest BCUT2D eigenvalue weighted by atomic mass is 9.97. The van der Waals surface area contributed by atoms with E-state index in [0.717, 1.165) is 0 Å². The number of carboxylic acids is 1. The van der Waals surface area contributed by atoms with Crippen LogP contribution in [-0.2, 0) is 14.3 Å². The minimum absolute atomic E-state index is 0.251. The zero-order valence-electron chi connectivity index (χ0n) is 10.7. The largest absolute Gasteiger partial charge is 0.479 e. The topological polar surface area (TPSA) is 66.8 Å². The molecule has 0 bridgehead atoms. The fraction of sp³-hybridized carbons (Fsp3) is 0.385. The Kier molecular flexibility index (Phi) is 4.52. The van der Waals surface area contributed by atoms with Gasteiger partial charge in [0, 0.05) is 16.6 Å².